The minimum Gasteiger partial charge on any atom is -0.461 e. The van der Waals surface area contributed by atoms with Crippen molar-refractivity contribution in [3.05, 3.63) is 59.6 Å². The van der Waals surface area contributed by atoms with E-state index in [9.17, 15) is 0 Å². The van der Waals surface area contributed by atoms with Crippen LogP contribution >= 0.6 is 0 Å². The first kappa shape index (κ1) is 17.6. The topological polar surface area (TPSA) is 50.3 Å². The van der Waals surface area contributed by atoms with Gasteiger partial charge in [-0.2, -0.15) is 0 Å². The number of likely N-dealkylation sites (tertiary alicyclic amines) is 1. The number of aromatic nitrogens is 3. The fourth-order valence-electron chi connectivity index (χ4n) is 4.81. The van der Waals surface area contributed by atoms with Crippen molar-refractivity contribution >= 4 is 0 Å². The Morgan fingerprint density at radius 2 is 1.86 bits per heavy atom. The summed E-state index contributed by atoms with van der Waals surface area (Å²) in [5.74, 6) is 2.73. The van der Waals surface area contributed by atoms with Gasteiger partial charge >= 0.3 is 0 Å². The first-order valence-electron chi connectivity index (χ1n) is 10.1. The molecule has 2 aliphatic heterocycles. The predicted molar refractivity (Wildman–Crippen MR) is 108 cm³/mol. The molecule has 2 aromatic heterocycles. The van der Waals surface area contributed by atoms with Crippen LogP contribution in [0.4, 0.5) is 0 Å². The van der Waals surface area contributed by atoms with E-state index in [2.05, 4.69) is 62.8 Å². The summed E-state index contributed by atoms with van der Waals surface area (Å²) in [4.78, 5) is 4.95. The van der Waals surface area contributed by atoms with Crippen LogP contribution in [0.15, 0.2) is 47.1 Å². The van der Waals surface area contributed by atoms with Crippen molar-refractivity contribution in [3.8, 4) is 11.6 Å². The third-order valence-electron chi connectivity index (χ3n) is 6.24. The van der Waals surface area contributed by atoms with E-state index in [1.807, 2.05) is 12.1 Å². The number of benzene rings is 1. The van der Waals surface area contributed by atoms with E-state index in [1.54, 1.807) is 6.26 Å². The van der Waals surface area contributed by atoms with Gasteiger partial charge in [0.05, 0.1) is 18.3 Å². The number of aryl methyl sites for hydroxylation is 1. The van der Waals surface area contributed by atoms with Crippen molar-refractivity contribution in [2.45, 2.75) is 38.4 Å². The zero-order valence-corrected chi connectivity index (χ0v) is 16.6. The summed E-state index contributed by atoms with van der Waals surface area (Å²) in [7, 11) is 2.19. The van der Waals surface area contributed by atoms with Crippen LogP contribution in [-0.4, -0.2) is 51.2 Å². The highest BCUT2D eigenvalue weighted by Gasteiger charge is 2.43. The molecule has 146 valence electrons. The van der Waals surface area contributed by atoms with Crippen LogP contribution < -0.4 is 0 Å². The molecular weight excluding hydrogens is 350 g/mol. The number of hydrogen-bond donors (Lipinski definition) is 0. The Balaban J connectivity index is 1.40. The Morgan fingerprint density at radius 3 is 2.57 bits per heavy atom. The number of rotatable bonds is 3. The Kier molecular flexibility index (Phi) is 4.33. The lowest BCUT2D eigenvalue weighted by molar-refractivity contribution is 0.0488. The normalized spacial score (nSPS) is 19.8. The molecule has 1 aromatic carbocycles. The second-order valence-corrected chi connectivity index (χ2v) is 8.41. The Morgan fingerprint density at radius 1 is 1.07 bits per heavy atom. The van der Waals surface area contributed by atoms with Crippen LogP contribution in [0.5, 0.6) is 0 Å². The van der Waals surface area contributed by atoms with Crippen LogP contribution in [-0.2, 0) is 18.6 Å². The quantitative estimate of drug-likeness (QED) is 0.701. The van der Waals surface area contributed by atoms with Gasteiger partial charge in [0.15, 0.2) is 11.6 Å². The number of furan rings is 1. The van der Waals surface area contributed by atoms with Gasteiger partial charge in [0.2, 0.25) is 0 Å². The van der Waals surface area contributed by atoms with E-state index in [0.717, 1.165) is 63.0 Å². The molecule has 1 fully saturated rings. The average molecular weight is 377 g/mol. The first-order chi connectivity index (χ1) is 13.6. The summed E-state index contributed by atoms with van der Waals surface area (Å²) in [6.45, 7) is 7.19. The maximum Gasteiger partial charge on any atom is 0.200 e. The molecule has 0 radical (unpaired) electrons. The van der Waals surface area contributed by atoms with Gasteiger partial charge in [-0.3, -0.25) is 14.4 Å². The van der Waals surface area contributed by atoms with Crippen molar-refractivity contribution < 1.29 is 4.42 Å². The zero-order chi connectivity index (χ0) is 19.1. The summed E-state index contributed by atoms with van der Waals surface area (Å²) in [6.07, 6.45) is 3.91. The summed E-state index contributed by atoms with van der Waals surface area (Å²) in [6, 6.07) is 12.8. The molecule has 0 amide bonds. The second-order valence-electron chi connectivity index (χ2n) is 8.41. The maximum absolute atomic E-state index is 5.67. The zero-order valence-electron chi connectivity index (χ0n) is 16.6. The van der Waals surface area contributed by atoms with Crippen LogP contribution in [0.2, 0.25) is 0 Å². The standard InChI is InChI=1S/C22H27N5O/c1-17-5-7-18(8-6-17)14-26-11-9-22(10-12-26)16-25(2)15-20-23-24-21(27(20)22)19-4-3-13-28-19/h3-8,13H,9-12,14-16H2,1-2H3. The molecular formula is C22H27N5O. The molecule has 5 rings (SSSR count). The predicted octanol–water partition coefficient (Wildman–Crippen LogP) is 3.28. The highest BCUT2D eigenvalue weighted by molar-refractivity contribution is 5.48. The lowest BCUT2D eigenvalue weighted by Gasteiger charge is -2.48. The summed E-state index contributed by atoms with van der Waals surface area (Å²) >= 11 is 0. The van der Waals surface area contributed by atoms with E-state index in [4.69, 9.17) is 4.42 Å². The number of likely N-dealkylation sites (N-methyl/N-ethyl adjacent to an activating group) is 1. The minimum atomic E-state index is 0.0394. The molecule has 6 nitrogen and oxygen atoms in total. The molecule has 2 aliphatic rings. The largest absolute Gasteiger partial charge is 0.461 e. The van der Waals surface area contributed by atoms with E-state index >= 15 is 0 Å². The fraction of sp³-hybridized carbons (Fsp3) is 0.455. The first-order valence-corrected chi connectivity index (χ1v) is 10.1. The van der Waals surface area contributed by atoms with Gasteiger partial charge < -0.3 is 4.42 Å². The van der Waals surface area contributed by atoms with Crippen LogP contribution in [0.25, 0.3) is 11.6 Å². The van der Waals surface area contributed by atoms with Crippen LogP contribution in [0.1, 0.15) is 29.8 Å². The van der Waals surface area contributed by atoms with E-state index < -0.39 is 0 Å². The minimum absolute atomic E-state index is 0.0394. The summed E-state index contributed by atoms with van der Waals surface area (Å²) < 4.78 is 8.05. The second kappa shape index (κ2) is 6.87. The summed E-state index contributed by atoms with van der Waals surface area (Å²) in [5.41, 5.74) is 2.75. The third-order valence-corrected chi connectivity index (χ3v) is 6.24. The van der Waals surface area contributed by atoms with Gasteiger partial charge in [0.1, 0.15) is 5.82 Å². The molecule has 28 heavy (non-hydrogen) atoms. The molecule has 0 N–H and O–H groups in total. The van der Waals surface area contributed by atoms with Gasteiger partial charge in [0.25, 0.3) is 0 Å². The Hall–Kier alpha value is -2.44. The van der Waals surface area contributed by atoms with Gasteiger partial charge in [-0.15, -0.1) is 10.2 Å². The van der Waals surface area contributed by atoms with Crippen LogP contribution in [0, 0.1) is 6.92 Å². The number of piperidine rings is 1. The number of hydrogen-bond acceptors (Lipinski definition) is 5. The van der Waals surface area contributed by atoms with Crippen LogP contribution in [0.3, 0.4) is 0 Å². The molecule has 0 atom stereocenters. The van der Waals surface area contributed by atoms with E-state index in [-0.39, 0.29) is 5.54 Å². The lowest BCUT2D eigenvalue weighted by atomic mass is 9.84. The van der Waals surface area contributed by atoms with E-state index in [1.165, 1.54) is 11.1 Å². The molecule has 0 aliphatic carbocycles. The Bertz CT molecular complexity index is 936. The summed E-state index contributed by atoms with van der Waals surface area (Å²) in [5, 5.41) is 9.00. The number of fused-ring (bicyclic) bond motifs is 2. The van der Waals surface area contributed by atoms with Gasteiger partial charge in [-0.05, 0) is 44.5 Å². The van der Waals surface area contributed by atoms with Crippen molar-refractivity contribution in [2.75, 3.05) is 26.7 Å². The SMILES string of the molecule is Cc1ccc(CN2CCC3(CC2)CN(C)Cc2nnc(-c4ccco4)n23)cc1. The molecule has 0 saturated carbocycles. The van der Waals surface area contributed by atoms with Crippen molar-refractivity contribution in [2.24, 2.45) is 0 Å². The maximum atomic E-state index is 5.67. The van der Waals surface area contributed by atoms with Crippen molar-refractivity contribution in [3.63, 3.8) is 0 Å². The molecule has 0 bridgehead atoms. The van der Waals surface area contributed by atoms with E-state index in [0.29, 0.717) is 0 Å². The molecule has 4 heterocycles. The molecule has 6 heteroatoms. The monoisotopic (exact) mass is 377 g/mol. The average Bonchev–Trinajstić information content (AvgIpc) is 3.35. The van der Waals surface area contributed by atoms with Crippen molar-refractivity contribution in [1.29, 1.82) is 0 Å². The fourth-order valence-corrected chi connectivity index (χ4v) is 4.81. The Labute approximate surface area is 165 Å². The highest BCUT2D eigenvalue weighted by Crippen LogP contribution is 2.39. The molecule has 1 saturated heterocycles. The molecule has 0 unspecified atom stereocenters. The molecule has 1 spiro atoms. The highest BCUT2D eigenvalue weighted by atomic mass is 16.3. The lowest BCUT2D eigenvalue weighted by Crippen LogP contribution is -2.55. The van der Waals surface area contributed by atoms with Gasteiger partial charge in [0, 0.05) is 26.2 Å². The van der Waals surface area contributed by atoms with Crippen molar-refractivity contribution in [1.82, 2.24) is 24.6 Å². The molecule has 3 aromatic rings. The van der Waals surface area contributed by atoms with Gasteiger partial charge in [-0.25, -0.2) is 0 Å². The number of nitrogens with zero attached hydrogens (tertiary/aromatic N) is 5. The smallest absolute Gasteiger partial charge is 0.200 e. The third kappa shape index (κ3) is 3.06. The van der Waals surface area contributed by atoms with Gasteiger partial charge in [-0.1, -0.05) is 29.8 Å².